The number of alkyl halides is 3. The lowest BCUT2D eigenvalue weighted by Gasteiger charge is -2.36. The van der Waals surface area contributed by atoms with Crippen LogP contribution in [-0.2, 0) is 6.42 Å². The predicted molar refractivity (Wildman–Crippen MR) is 172 cm³/mol. The molecule has 0 saturated carbocycles. The summed E-state index contributed by atoms with van der Waals surface area (Å²) in [6.07, 6.45) is -0.570. The fourth-order valence-electron chi connectivity index (χ4n) is 5.15. The third-order valence-corrected chi connectivity index (χ3v) is 8.65. The number of anilines is 1. The van der Waals surface area contributed by atoms with Crippen LogP contribution in [0.2, 0.25) is 0 Å². The summed E-state index contributed by atoms with van der Waals surface area (Å²) in [5.41, 5.74) is 4.81. The molecule has 12 heteroatoms. The Bertz CT molecular complexity index is 1620. The number of amidine groups is 1. The quantitative estimate of drug-likeness (QED) is 0.201. The van der Waals surface area contributed by atoms with Crippen LogP contribution in [0.5, 0.6) is 5.75 Å². The van der Waals surface area contributed by atoms with E-state index in [0.717, 1.165) is 47.0 Å². The molecule has 1 N–H and O–H groups in total. The summed E-state index contributed by atoms with van der Waals surface area (Å²) >= 11 is 1.62. The maximum atomic E-state index is 12.8. The fraction of sp³-hybridized carbons (Fsp3) is 0.333. The molecule has 0 aliphatic carbocycles. The highest BCUT2D eigenvalue weighted by Crippen LogP contribution is 2.32. The van der Waals surface area contributed by atoms with E-state index in [1.807, 2.05) is 36.4 Å². The van der Waals surface area contributed by atoms with Gasteiger partial charge in [-0.05, 0) is 73.6 Å². The van der Waals surface area contributed by atoms with Crippen LogP contribution in [0.3, 0.4) is 0 Å². The minimum absolute atomic E-state index is 0.187. The topological polar surface area (TPSA) is 84.6 Å². The molecule has 4 aromatic rings. The summed E-state index contributed by atoms with van der Waals surface area (Å²) in [4.78, 5) is 23.8. The van der Waals surface area contributed by atoms with Crippen molar-refractivity contribution in [2.24, 2.45) is 4.99 Å². The molecule has 2 amide bonds. The number of nitrogens with one attached hydrogen (secondary N) is 1. The molecule has 0 radical (unpaired) electrons. The molecule has 1 aliphatic heterocycles. The maximum Gasteiger partial charge on any atom is 0.573 e. The zero-order valence-corrected chi connectivity index (χ0v) is 26.1. The molecule has 0 spiro atoms. The van der Waals surface area contributed by atoms with Crippen LogP contribution in [0, 0.1) is 0 Å². The highest BCUT2D eigenvalue weighted by molar-refractivity contribution is 8.14. The SMILES string of the molecule is CCc1ccccc1N1C(=NC(=O)NCCC(C)c2ccc(-c3ncn(-c4ccc(OC(F)(F)F)cc4)n3)cc2)SCCC1C. The van der Waals surface area contributed by atoms with Gasteiger partial charge in [0.15, 0.2) is 11.0 Å². The van der Waals surface area contributed by atoms with Gasteiger partial charge in [0.1, 0.15) is 12.1 Å². The van der Waals surface area contributed by atoms with Crippen molar-refractivity contribution in [1.82, 2.24) is 20.1 Å². The second-order valence-electron chi connectivity index (χ2n) is 10.8. The van der Waals surface area contributed by atoms with E-state index in [1.165, 1.54) is 40.8 Å². The summed E-state index contributed by atoms with van der Waals surface area (Å²) in [6.45, 7) is 6.90. The molecule has 2 unspecified atom stereocenters. The number of aryl methyl sites for hydroxylation is 1. The Morgan fingerprint density at radius 3 is 2.56 bits per heavy atom. The summed E-state index contributed by atoms with van der Waals surface area (Å²) in [5, 5.41) is 8.16. The summed E-state index contributed by atoms with van der Waals surface area (Å²) < 4.78 is 42.7. The zero-order chi connectivity index (χ0) is 32.0. The molecule has 2 heterocycles. The largest absolute Gasteiger partial charge is 0.573 e. The van der Waals surface area contributed by atoms with Gasteiger partial charge in [-0.2, -0.15) is 4.99 Å². The lowest BCUT2D eigenvalue weighted by Crippen LogP contribution is -2.42. The fourth-order valence-corrected chi connectivity index (χ4v) is 6.36. The maximum absolute atomic E-state index is 12.8. The third kappa shape index (κ3) is 8.24. The van der Waals surface area contributed by atoms with Crippen LogP contribution in [0.25, 0.3) is 17.1 Å². The summed E-state index contributed by atoms with van der Waals surface area (Å²) in [6, 6.07) is 21.5. The third-order valence-electron chi connectivity index (χ3n) is 7.66. The van der Waals surface area contributed by atoms with Crippen molar-refractivity contribution in [1.29, 1.82) is 0 Å². The standard InChI is InChI=1S/C33H35F3N6O2S/c1-4-24-7-5-6-8-29(24)42-23(3)18-20-45-32(42)39-31(43)37-19-17-22(2)25-9-11-26(12-10-25)30-38-21-41(40-30)27-13-15-28(16-14-27)44-33(34,35)36/h5-16,21-23H,4,17-20H2,1-3H3,(H,37,43). The van der Waals surface area contributed by atoms with Gasteiger partial charge in [-0.15, -0.1) is 18.3 Å². The molecule has 5 rings (SSSR count). The van der Waals surface area contributed by atoms with Gasteiger partial charge in [-0.1, -0.05) is 68.1 Å². The highest BCUT2D eigenvalue weighted by Gasteiger charge is 2.31. The van der Waals surface area contributed by atoms with Crippen molar-refractivity contribution in [2.75, 3.05) is 17.2 Å². The Morgan fingerprint density at radius 1 is 1.11 bits per heavy atom. The second kappa shape index (κ2) is 14.2. The number of hydrogen-bond acceptors (Lipinski definition) is 5. The number of rotatable bonds is 9. The Hall–Kier alpha value is -4.32. The van der Waals surface area contributed by atoms with Gasteiger partial charge in [-0.3, -0.25) is 0 Å². The summed E-state index contributed by atoms with van der Waals surface area (Å²) in [7, 11) is 0. The number of benzene rings is 3. The minimum atomic E-state index is -4.74. The van der Waals surface area contributed by atoms with Gasteiger partial charge in [0.05, 0.1) is 5.69 Å². The minimum Gasteiger partial charge on any atom is -0.406 e. The lowest BCUT2D eigenvalue weighted by atomic mass is 9.96. The Kier molecular flexibility index (Phi) is 10.1. The van der Waals surface area contributed by atoms with Gasteiger partial charge in [0.25, 0.3) is 0 Å². The Morgan fingerprint density at radius 2 is 1.84 bits per heavy atom. The number of nitrogens with zero attached hydrogens (tertiary/aromatic N) is 5. The van der Waals surface area contributed by atoms with E-state index in [2.05, 4.69) is 62.9 Å². The lowest BCUT2D eigenvalue weighted by molar-refractivity contribution is -0.274. The first-order chi connectivity index (χ1) is 21.6. The van der Waals surface area contributed by atoms with E-state index in [0.29, 0.717) is 18.1 Å². The molecule has 8 nitrogen and oxygen atoms in total. The number of urea groups is 1. The number of para-hydroxylation sites is 1. The van der Waals surface area contributed by atoms with Crippen molar-refractivity contribution in [3.05, 3.63) is 90.3 Å². The molecule has 0 bridgehead atoms. The van der Waals surface area contributed by atoms with Crippen molar-refractivity contribution < 1.29 is 22.7 Å². The molecule has 1 aliphatic rings. The molecule has 1 fully saturated rings. The second-order valence-corrected chi connectivity index (χ2v) is 11.9. The van der Waals surface area contributed by atoms with Crippen molar-refractivity contribution in [3.63, 3.8) is 0 Å². The van der Waals surface area contributed by atoms with Crippen LogP contribution in [-0.4, -0.2) is 50.7 Å². The average Bonchev–Trinajstić information content (AvgIpc) is 3.51. The number of aromatic nitrogens is 3. The number of amides is 2. The Balaban J connectivity index is 1.16. The van der Waals surface area contributed by atoms with Crippen LogP contribution in [0.1, 0.15) is 50.7 Å². The smallest absolute Gasteiger partial charge is 0.406 e. The number of carbonyl (C=O) groups is 1. The van der Waals surface area contributed by atoms with Crippen molar-refractivity contribution >= 4 is 28.6 Å². The highest BCUT2D eigenvalue weighted by atomic mass is 32.2. The first kappa shape index (κ1) is 32.1. The van der Waals surface area contributed by atoms with E-state index >= 15 is 0 Å². The number of halogens is 3. The number of aliphatic imine (C=N–C) groups is 1. The first-order valence-corrected chi connectivity index (χ1v) is 15.8. The van der Waals surface area contributed by atoms with E-state index in [9.17, 15) is 18.0 Å². The normalized spacial score (nSPS) is 16.9. The monoisotopic (exact) mass is 636 g/mol. The van der Waals surface area contributed by atoms with Crippen LogP contribution < -0.4 is 15.0 Å². The molecular weight excluding hydrogens is 601 g/mol. The molecule has 2 atom stereocenters. The number of hydrogen-bond donors (Lipinski definition) is 1. The average molecular weight is 637 g/mol. The van der Waals surface area contributed by atoms with Gasteiger partial charge in [0.2, 0.25) is 0 Å². The Labute approximate surface area is 264 Å². The van der Waals surface area contributed by atoms with Crippen LogP contribution >= 0.6 is 11.8 Å². The molecule has 1 aromatic heterocycles. The van der Waals surface area contributed by atoms with Gasteiger partial charge in [-0.25, -0.2) is 14.5 Å². The molecular formula is C33H35F3N6O2S. The summed E-state index contributed by atoms with van der Waals surface area (Å²) in [5.74, 6) is 1.30. The van der Waals surface area contributed by atoms with Gasteiger partial charge in [0, 0.05) is 29.6 Å². The van der Waals surface area contributed by atoms with Crippen LogP contribution in [0.4, 0.5) is 23.7 Å². The van der Waals surface area contributed by atoms with Gasteiger partial charge < -0.3 is 15.0 Å². The molecule has 45 heavy (non-hydrogen) atoms. The van der Waals surface area contributed by atoms with E-state index in [1.54, 1.807) is 11.8 Å². The van der Waals surface area contributed by atoms with Gasteiger partial charge >= 0.3 is 12.4 Å². The number of ether oxygens (including phenoxy) is 1. The molecule has 1 saturated heterocycles. The van der Waals surface area contributed by atoms with E-state index in [-0.39, 0.29) is 23.7 Å². The zero-order valence-electron chi connectivity index (χ0n) is 25.3. The van der Waals surface area contributed by atoms with E-state index < -0.39 is 6.36 Å². The number of thioether (sulfide) groups is 1. The van der Waals surface area contributed by atoms with Crippen molar-refractivity contribution in [2.45, 2.75) is 58.4 Å². The first-order valence-electron chi connectivity index (χ1n) is 14.9. The van der Waals surface area contributed by atoms with E-state index in [4.69, 9.17) is 0 Å². The predicted octanol–water partition coefficient (Wildman–Crippen LogP) is 7.99. The molecule has 3 aromatic carbocycles. The number of carbonyl (C=O) groups excluding carboxylic acids is 1. The van der Waals surface area contributed by atoms with Crippen LogP contribution in [0.15, 0.2) is 84.1 Å². The van der Waals surface area contributed by atoms with Crippen molar-refractivity contribution in [3.8, 4) is 22.8 Å². The molecule has 236 valence electrons.